The van der Waals surface area contributed by atoms with Crippen molar-refractivity contribution in [1.82, 2.24) is 0 Å². The molecule has 9 aromatic carbocycles. The van der Waals surface area contributed by atoms with Crippen molar-refractivity contribution in [1.29, 1.82) is 0 Å². The lowest BCUT2D eigenvalue weighted by Gasteiger charge is -2.18. The Morgan fingerprint density at radius 3 is 1.88 bits per heavy atom. The normalized spacial score (nSPS) is 17.6. The van der Waals surface area contributed by atoms with Gasteiger partial charge in [-0.05, 0) is 105 Å². The second kappa shape index (κ2) is 8.15. The number of fused-ring (bicyclic) bond motifs is 4. The maximum atomic E-state index is 9.28. The molecule has 9 aromatic rings. The van der Waals surface area contributed by atoms with E-state index in [0.29, 0.717) is 27.3 Å². The van der Waals surface area contributed by atoms with E-state index in [4.69, 9.17) is 20.6 Å². The van der Waals surface area contributed by atoms with E-state index < -0.39 is 84.6 Å². The minimum absolute atomic E-state index is 0.0215. The Bertz CT molecular complexity index is 3270. The molecule has 40 heavy (non-hydrogen) atoms. The number of hydrogen-bond acceptors (Lipinski definition) is 0. The maximum Gasteiger partial charge on any atom is 0.0636 e. The molecular formula is C40H24. The molecule has 0 radical (unpaired) electrons. The Balaban J connectivity index is 1.49. The highest BCUT2D eigenvalue weighted by Crippen LogP contribution is 2.44. The summed E-state index contributed by atoms with van der Waals surface area (Å²) in [6, 6.07) is 6.11. The van der Waals surface area contributed by atoms with E-state index in [-0.39, 0.29) is 55.5 Å². The minimum Gasteiger partial charge on any atom is -0.0622 e. The number of hydrogen-bond donors (Lipinski definition) is 0. The van der Waals surface area contributed by atoms with Crippen LogP contribution in [-0.2, 0) is 0 Å². The van der Waals surface area contributed by atoms with Gasteiger partial charge in [-0.3, -0.25) is 0 Å². The Hall–Kier alpha value is -5.20. The van der Waals surface area contributed by atoms with Crippen LogP contribution >= 0.6 is 0 Å². The van der Waals surface area contributed by atoms with Crippen molar-refractivity contribution >= 4 is 64.6 Å². The summed E-state index contributed by atoms with van der Waals surface area (Å²) in [5, 5.41) is 3.25. The van der Waals surface area contributed by atoms with Crippen LogP contribution in [0.1, 0.15) is 21.9 Å². The van der Waals surface area contributed by atoms with Crippen molar-refractivity contribution in [3.8, 4) is 22.3 Å². The highest BCUT2D eigenvalue weighted by molar-refractivity contribution is 6.28. The van der Waals surface area contributed by atoms with Gasteiger partial charge in [0.25, 0.3) is 0 Å². The van der Waals surface area contributed by atoms with Gasteiger partial charge in [-0.25, -0.2) is 0 Å². The molecule has 0 spiro atoms. The molecule has 0 aliphatic carbocycles. The summed E-state index contributed by atoms with van der Waals surface area (Å²) in [5.41, 5.74) is 0.940. The topological polar surface area (TPSA) is 0 Å². The fraction of sp³-hybridized carbons (Fsp3) is 0. The Labute approximate surface area is 254 Å². The van der Waals surface area contributed by atoms with Crippen LogP contribution in [0.2, 0.25) is 0 Å². The minimum atomic E-state index is -0.615. The molecule has 0 saturated heterocycles. The molecule has 0 saturated carbocycles. The molecule has 0 heterocycles. The number of benzene rings is 9. The third-order valence-corrected chi connectivity index (χ3v) is 7.59. The summed E-state index contributed by atoms with van der Waals surface area (Å²) in [6.45, 7) is 0. The van der Waals surface area contributed by atoms with Gasteiger partial charge in [0.1, 0.15) is 0 Å². The lowest BCUT2D eigenvalue weighted by Crippen LogP contribution is -1.90. The zero-order valence-electron chi connectivity index (χ0n) is 36.6. The van der Waals surface area contributed by atoms with Crippen molar-refractivity contribution in [2.45, 2.75) is 0 Å². The molecule has 0 aliphatic heterocycles. The van der Waals surface area contributed by atoms with E-state index in [1.807, 2.05) is 18.2 Å². The molecule has 0 aromatic heterocycles. The van der Waals surface area contributed by atoms with Crippen LogP contribution in [0.5, 0.6) is 0 Å². The highest BCUT2D eigenvalue weighted by atomic mass is 14.2. The molecule has 184 valence electrons. The van der Waals surface area contributed by atoms with Crippen LogP contribution in [-0.4, -0.2) is 0 Å². The molecule has 0 bridgehead atoms. The Morgan fingerprint density at radius 2 is 1.02 bits per heavy atom. The fourth-order valence-electron chi connectivity index (χ4n) is 5.95. The Morgan fingerprint density at radius 1 is 0.375 bits per heavy atom. The SMILES string of the molecule is [2H]c1c([2H])c([2H])c(-c2ccc3ccc4cc(-c5c6c([2H])c([2H])c([2H])c([2H])c6c([2H])c6c([2H])c([2H])c7c([2H])c([2H])c([2H])c([2H])c7c56)cc5ccc2c3c45)c([2H])c1[2H]. The first-order chi connectivity index (χ1) is 26.5. The monoisotopic (exact) mass is 520 g/mol. The predicted molar refractivity (Wildman–Crippen MR) is 174 cm³/mol. The van der Waals surface area contributed by atoms with E-state index in [1.54, 1.807) is 30.3 Å². The first-order valence-corrected chi connectivity index (χ1v) is 12.6. The zero-order valence-corrected chi connectivity index (χ0v) is 20.6. The fourth-order valence-corrected chi connectivity index (χ4v) is 5.95. The summed E-state index contributed by atoms with van der Waals surface area (Å²) >= 11 is 0. The second-order valence-corrected chi connectivity index (χ2v) is 9.69. The van der Waals surface area contributed by atoms with E-state index in [1.165, 1.54) is 0 Å². The first-order valence-electron chi connectivity index (χ1n) is 20.6. The summed E-state index contributed by atoms with van der Waals surface area (Å²) in [6.07, 6.45) is 0. The quantitative estimate of drug-likeness (QED) is 0.157. The van der Waals surface area contributed by atoms with Gasteiger partial charge in [0.15, 0.2) is 0 Å². The average Bonchev–Trinajstić information content (AvgIpc) is 3.19. The molecule has 0 amide bonds. The second-order valence-electron chi connectivity index (χ2n) is 9.69. The third-order valence-electron chi connectivity index (χ3n) is 7.59. The predicted octanol–water partition coefficient (Wildman–Crippen LogP) is 11.4. The van der Waals surface area contributed by atoms with Crippen molar-refractivity contribution in [3.05, 3.63) is 145 Å². The van der Waals surface area contributed by atoms with Gasteiger partial charge < -0.3 is 0 Å². The maximum absolute atomic E-state index is 9.28. The van der Waals surface area contributed by atoms with E-state index in [0.717, 1.165) is 16.2 Å². The van der Waals surface area contributed by atoms with Crippen LogP contribution in [0.3, 0.4) is 0 Å². The average molecular weight is 521 g/mol. The molecule has 0 fully saturated rings. The van der Waals surface area contributed by atoms with Gasteiger partial charge in [0.2, 0.25) is 0 Å². The van der Waals surface area contributed by atoms with Gasteiger partial charge in [-0.15, -0.1) is 0 Å². The zero-order chi connectivity index (χ0) is 40.1. The van der Waals surface area contributed by atoms with Crippen LogP contribution in [0, 0.1) is 0 Å². The largest absolute Gasteiger partial charge is 0.0636 e. The summed E-state index contributed by atoms with van der Waals surface area (Å²) in [4.78, 5) is 0. The van der Waals surface area contributed by atoms with Crippen LogP contribution in [0.15, 0.2) is 145 Å². The van der Waals surface area contributed by atoms with Gasteiger partial charge in [0, 0.05) is 0 Å². The molecule has 0 N–H and O–H groups in total. The van der Waals surface area contributed by atoms with Crippen molar-refractivity contribution in [2.75, 3.05) is 0 Å². The van der Waals surface area contributed by atoms with E-state index in [9.17, 15) is 1.37 Å². The van der Waals surface area contributed by atoms with Crippen LogP contribution < -0.4 is 0 Å². The first kappa shape index (κ1) is 11.5. The van der Waals surface area contributed by atoms with Gasteiger partial charge >= 0.3 is 0 Å². The molecular weight excluding hydrogens is 480 g/mol. The van der Waals surface area contributed by atoms with E-state index >= 15 is 0 Å². The van der Waals surface area contributed by atoms with Crippen molar-refractivity contribution in [2.24, 2.45) is 0 Å². The van der Waals surface area contributed by atoms with Gasteiger partial charge in [0.05, 0.1) is 21.9 Å². The summed E-state index contributed by atoms with van der Waals surface area (Å²) in [7, 11) is 0. The summed E-state index contributed by atoms with van der Waals surface area (Å²) in [5.74, 6) is 0. The molecule has 0 nitrogen and oxygen atoms in total. The van der Waals surface area contributed by atoms with Crippen molar-refractivity contribution < 1.29 is 21.9 Å². The van der Waals surface area contributed by atoms with Gasteiger partial charge in [-0.2, -0.15) is 0 Å². The number of rotatable bonds is 2. The molecule has 0 aliphatic rings. The molecule has 0 unspecified atom stereocenters. The molecule has 9 rings (SSSR count). The lowest BCUT2D eigenvalue weighted by atomic mass is 9.85. The summed E-state index contributed by atoms with van der Waals surface area (Å²) < 4.78 is 139. The third kappa shape index (κ3) is 3.02. The molecule has 0 heteroatoms. The molecule has 0 atom stereocenters. The van der Waals surface area contributed by atoms with Gasteiger partial charge in [-0.1, -0.05) is 127 Å². The lowest BCUT2D eigenvalue weighted by molar-refractivity contribution is 1.66. The van der Waals surface area contributed by atoms with E-state index in [2.05, 4.69) is 0 Å². The Kier molecular flexibility index (Phi) is 2.34. The van der Waals surface area contributed by atoms with Crippen LogP contribution in [0.4, 0.5) is 0 Å². The van der Waals surface area contributed by atoms with Crippen molar-refractivity contribution in [3.63, 3.8) is 0 Å². The van der Waals surface area contributed by atoms with Crippen LogP contribution in [0.25, 0.3) is 86.9 Å². The standard InChI is InChI=1S/C40H24/c1-2-8-25(9-3-1)33-20-18-27-15-17-29-23-32(24-30-19-21-36(33)38(27)37(29)30)40-35-13-7-5-11-28(35)22-31-16-14-26-10-4-6-12-34(26)39(31)40/h1-24H/i1D,2D,3D,4D,5D,6D,7D,8D,9D,10D,11D,12D,13D,14D,16D,22D. The smallest absolute Gasteiger partial charge is 0.0622 e. The highest BCUT2D eigenvalue weighted by Gasteiger charge is 2.17.